The van der Waals surface area contributed by atoms with E-state index in [1.807, 2.05) is 61.9 Å². The fourth-order valence-corrected chi connectivity index (χ4v) is 2.59. The van der Waals surface area contributed by atoms with Crippen LogP contribution in [0.5, 0.6) is 5.75 Å². The van der Waals surface area contributed by atoms with Crippen molar-refractivity contribution in [3.05, 3.63) is 52.2 Å². The molecule has 20 heavy (non-hydrogen) atoms. The second kappa shape index (κ2) is 6.57. The summed E-state index contributed by atoms with van der Waals surface area (Å²) in [6, 6.07) is 9.53. The lowest BCUT2D eigenvalue weighted by atomic mass is 10.1. The van der Waals surface area contributed by atoms with E-state index in [4.69, 9.17) is 4.74 Å². The Morgan fingerprint density at radius 2 is 1.95 bits per heavy atom. The van der Waals surface area contributed by atoms with Crippen LogP contribution in [-0.4, -0.2) is 12.0 Å². The van der Waals surface area contributed by atoms with Crippen molar-refractivity contribution in [2.24, 2.45) is 0 Å². The van der Waals surface area contributed by atoms with Crippen molar-refractivity contribution in [1.82, 2.24) is 5.32 Å². The molecule has 1 amide bonds. The normalized spacial score (nSPS) is 12.2. The molecule has 1 heterocycles. The molecule has 0 fully saturated rings. The number of carbonyl (C=O) groups is 1. The number of ether oxygens (including phenoxy) is 1. The van der Waals surface area contributed by atoms with Gasteiger partial charge in [0, 0.05) is 10.9 Å². The molecule has 0 aliphatic heterocycles. The Kier molecular flexibility index (Phi) is 4.79. The minimum absolute atomic E-state index is 0.0573. The van der Waals surface area contributed by atoms with Gasteiger partial charge in [-0.05, 0) is 38.3 Å². The van der Waals surface area contributed by atoms with Gasteiger partial charge in [-0.3, -0.25) is 4.79 Å². The van der Waals surface area contributed by atoms with Crippen molar-refractivity contribution in [1.29, 1.82) is 0 Å². The van der Waals surface area contributed by atoms with Crippen LogP contribution in [0.1, 0.15) is 42.7 Å². The van der Waals surface area contributed by atoms with E-state index < -0.39 is 0 Å². The van der Waals surface area contributed by atoms with Crippen molar-refractivity contribution >= 4 is 17.2 Å². The SMILES string of the molecule is CC(C)Oc1ccccc1[C@H](C)NC(=O)c1ccsc1. The lowest BCUT2D eigenvalue weighted by Gasteiger charge is -2.19. The topological polar surface area (TPSA) is 38.3 Å². The smallest absolute Gasteiger partial charge is 0.252 e. The Morgan fingerprint density at radius 1 is 1.20 bits per heavy atom. The Morgan fingerprint density at radius 3 is 2.60 bits per heavy atom. The number of para-hydroxylation sites is 1. The maximum atomic E-state index is 12.1. The fraction of sp³-hybridized carbons (Fsp3) is 0.312. The number of hydrogen-bond donors (Lipinski definition) is 1. The molecule has 106 valence electrons. The van der Waals surface area contributed by atoms with Crippen LogP contribution in [0.25, 0.3) is 0 Å². The second-order valence-corrected chi connectivity index (χ2v) is 5.69. The minimum atomic E-state index is -0.0997. The Labute approximate surface area is 123 Å². The van der Waals surface area contributed by atoms with Gasteiger partial charge in [-0.1, -0.05) is 18.2 Å². The highest BCUT2D eigenvalue weighted by molar-refractivity contribution is 7.08. The van der Waals surface area contributed by atoms with Crippen molar-refractivity contribution in [2.45, 2.75) is 32.9 Å². The molecular formula is C16H19NO2S. The summed E-state index contributed by atoms with van der Waals surface area (Å²) in [5, 5.41) is 6.74. The first-order valence-electron chi connectivity index (χ1n) is 6.66. The van der Waals surface area contributed by atoms with Crippen LogP contribution in [0, 0.1) is 0 Å². The van der Waals surface area contributed by atoms with Crippen LogP contribution in [0.2, 0.25) is 0 Å². The number of carbonyl (C=O) groups excluding carboxylic acids is 1. The third kappa shape index (κ3) is 3.61. The molecule has 3 nitrogen and oxygen atoms in total. The number of hydrogen-bond acceptors (Lipinski definition) is 3. The van der Waals surface area contributed by atoms with Crippen molar-refractivity contribution in [3.63, 3.8) is 0 Å². The van der Waals surface area contributed by atoms with E-state index in [9.17, 15) is 4.79 Å². The first-order valence-corrected chi connectivity index (χ1v) is 7.61. The van der Waals surface area contributed by atoms with Gasteiger partial charge in [-0.2, -0.15) is 11.3 Å². The maximum Gasteiger partial charge on any atom is 0.252 e. The molecule has 1 atom stereocenters. The molecular weight excluding hydrogens is 270 g/mol. The van der Waals surface area contributed by atoms with Gasteiger partial charge in [0.2, 0.25) is 0 Å². The summed E-state index contributed by atoms with van der Waals surface area (Å²) >= 11 is 1.52. The Hall–Kier alpha value is -1.81. The Bertz CT molecular complexity index is 564. The standard InChI is InChI=1S/C16H19NO2S/c1-11(2)19-15-7-5-4-6-14(15)12(3)17-16(18)13-8-9-20-10-13/h4-12H,1-3H3,(H,17,18)/t12-/m0/s1. The predicted octanol–water partition coefficient (Wildman–Crippen LogP) is 4.03. The van der Waals surface area contributed by atoms with E-state index in [0.29, 0.717) is 5.56 Å². The van der Waals surface area contributed by atoms with Crippen LogP contribution in [-0.2, 0) is 0 Å². The van der Waals surface area contributed by atoms with Crippen molar-refractivity contribution in [3.8, 4) is 5.75 Å². The molecule has 0 saturated carbocycles. The molecule has 1 N–H and O–H groups in total. The fourth-order valence-electron chi connectivity index (χ4n) is 1.95. The van der Waals surface area contributed by atoms with Crippen LogP contribution in [0.3, 0.4) is 0 Å². The van der Waals surface area contributed by atoms with Gasteiger partial charge in [-0.15, -0.1) is 0 Å². The largest absolute Gasteiger partial charge is 0.491 e. The molecule has 2 rings (SSSR count). The summed E-state index contributed by atoms with van der Waals surface area (Å²) < 4.78 is 5.79. The molecule has 0 saturated heterocycles. The second-order valence-electron chi connectivity index (χ2n) is 4.91. The quantitative estimate of drug-likeness (QED) is 0.902. The molecule has 0 unspecified atom stereocenters. The summed E-state index contributed by atoms with van der Waals surface area (Å²) in [7, 11) is 0. The predicted molar refractivity (Wildman–Crippen MR) is 82.4 cm³/mol. The first-order chi connectivity index (χ1) is 9.58. The summed E-state index contributed by atoms with van der Waals surface area (Å²) in [6.07, 6.45) is 0.107. The molecule has 2 aromatic rings. The molecule has 4 heteroatoms. The van der Waals surface area contributed by atoms with Crippen LogP contribution in [0.4, 0.5) is 0 Å². The average molecular weight is 289 g/mol. The van der Waals surface area contributed by atoms with E-state index in [-0.39, 0.29) is 18.1 Å². The van der Waals surface area contributed by atoms with Crippen LogP contribution in [0.15, 0.2) is 41.1 Å². The van der Waals surface area contributed by atoms with Crippen LogP contribution < -0.4 is 10.1 Å². The van der Waals surface area contributed by atoms with Crippen molar-refractivity contribution in [2.75, 3.05) is 0 Å². The highest BCUT2D eigenvalue weighted by atomic mass is 32.1. The average Bonchev–Trinajstić information content (AvgIpc) is 2.92. The molecule has 0 aliphatic rings. The number of thiophene rings is 1. The first kappa shape index (κ1) is 14.6. The van der Waals surface area contributed by atoms with Crippen molar-refractivity contribution < 1.29 is 9.53 Å². The molecule has 1 aromatic heterocycles. The van der Waals surface area contributed by atoms with E-state index in [1.54, 1.807) is 0 Å². The van der Waals surface area contributed by atoms with E-state index in [0.717, 1.165) is 11.3 Å². The third-order valence-electron chi connectivity index (χ3n) is 2.88. The number of rotatable bonds is 5. The number of nitrogens with one attached hydrogen (secondary N) is 1. The lowest BCUT2D eigenvalue weighted by molar-refractivity contribution is 0.0939. The van der Waals surface area contributed by atoms with Crippen LogP contribution >= 0.6 is 11.3 Å². The van der Waals surface area contributed by atoms with E-state index >= 15 is 0 Å². The summed E-state index contributed by atoms with van der Waals surface area (Å²) in [6.45, 7) is 5.95. The Balaban J connectivity index is 2.13. The van der Waals surface area contributed by atoms with Gasteiger partial charge in [0.1, 0.15) is 5.75 Å². The molecule has 0 spiro atoms. The minimum Gasteiger partial charge on any atom is -0.491 e. The monoisotopic (exact) mass is 289 g/mol. The van der Waals surface area contributed by atoms with Gasteiger partial charge >= 0.3 is 0 Å². The lowest BCUT2D eigenvalue weighted by Crippen LogP contribution is -2.26. The molecule has 0 aliphatic carbocycles. The highest BCUT2D eigenvalue weighted by Crippen LogP contribution is 2.26. The molecule has 0 bridgehead atoms. The zero-order valence-corrected chi connectivity index (χ0v) is 12.7. The summed E-state index contributed by atoms with van der Waals surface area (Å²) in [5.74, 6) is 0.763. The van der Waals surface area contributed by atoms with Gasteiger partial charge in [0.05, 0.1) is 17.7 Å². The number of benzene rings is 1. The highest BCUT2D eigenvalue weighted by Gasteiger charge is 2.15. The molecule has 0 radical (unpaired) electrons. The van der Waals surface area contributed by atoms with Gasteiger partial charge in [0.15, 0.2) is 0 Å². The summed E-state index contributed by atoms with van der Waals surface area (Å²) in [5.41, 5.74) is 1.69. The third-order valence-corrected chi connectivity index (χ3v) is 3.56. The molecule has 1 aromatic carbocycles. The summed E-state index contributed by atoms with van der Waals surface area (Å²) in [4.78, 5) is 12.1. The van der Waals surface area contributed by atoms with Gasteiger partial charge < -0.3 is 10.1 Å². The zero-order valence-electron chi connectivity index (χ0n) is 11.9. The van der Waals surface area contributed by atoms with Gasteiger partial charge in [-0.25, -0.2) is 0 Å². The van der Waals surface area contributed by atoms with Gasteiger partial charge in [0.25, 0.3) is 5.91 Å². The maximum absolute atomic E-state index is 12.1. The van der Waals surface area contributed by atoms with E-state index in [2.05, 4.69) is 5.32 Å². The number of amides is 1. The van der Waals surface area contributed by atoms with E-state index in [1.165, 1.54) is 11.3 Å². The zero-order chi connectivity index (χ0) is 14.5.